The van der Waals surface area contributed by atoms with E-state index < -0.39 is 5.97 Å². The predicted octanol–water partition coefficient (Wildman–Crippen LogP) is 5.18. The molecule has 0 unspecified atom stereocenters. The van der Waals surface area contributed by atoms with Crippen LogP contribution in [0.4, 0.5) is 4.39 Å². The van der Waals surface area contributed by atoms with Gasteiger partial charge in [0.15, 0.2) is 0 Å². The van der Waals surface area contributed by atoms with Crippen LogP contribution in [-0.4, -0.2) is 32.6 Å². The third-order valence-corrected chi connectivity index (χ3v) is 6.97. The van der Waals surface area contributed by atoms with Gasteiger partial charge in [0.25, 0.3) is 5.91 Å². The molecule has 2 aromatic carbocycles. The lowest BCUT2D eigenvalue weighted by Gasteiger charge is -2.29. The number of carboxylic acid groups (broad SMARTS) is 1. The van der Waals surface area contributed by atoms with Crippen LogP contribution in [0.25, 0.3) is 21.8 Å². The number of nitrogens with one attached hydrogen (secondary N) is 1. The van der Waals surface area contributed by atoms with Crippen LogP contribution in [0.15, 0.2) is 54.7 Å². The fraction of sp³-hybridized carbons (Fsp3) is 0.296. The predicted molar refractivity (Wildman–Crippen MR) is 128 cm³/mol. The molecule has 0 spiro atoms. The van der Waals surface area contributed by atoms with Crippen LogP contribution in [0.3, 0.4) is 0 Å². The standard InChI is InChI=1S/C27H26FN3O3/c1-16-26(22-14-20(28)8-11-24(22)31(16)15-25(32)33)18-6-9-21(10-7-18)30-27(34)19-5-4-17-3-2-12-29-23(17)13-19/h2-5,8,11-14,18,21H,6-7,9-10,15H2,1H3,(H,30,34)(H,32,33). The van der Waals surface area contributed by atoms with E-state index in [4.69, 9.17) is 0 Å². The lowest BCUT2D eigenvalue weighted by molar-refractivity contribution is -0.137. The molecule has 2 heterocycles. The van der Waals surface area contributed by atoms with Gasteiger partial charge >= 0.3 is 5.97 Å². The number of benzene rings is 2. The van der Waals surface area contributed by atoms with Crippen LogP contribution in [0.2, 0.25) is 0 Å². The summed E-state index contributed by atoms with van der Waals surface area (Å²) in [6.45, 7) is 1.76. The molecule has 7 heteroatoms. The van der Waals surface area contributed by atoms with Crippen LogP contribution in [0.5, 0.6) is 0 Å². The number of pyridine rings is 1. The number of fused-ring (bicyclic) bond motifs is 2. The number of nitrogens with zero attached hydrogens (tertiary/aromatic N) is 2. The van der Waals surface area contributed by atoms with Crippen molar-refractivity contribution in [2.45, 2.75) is 51.1 Å². The fourth-order valence-electron chi connectivity index (χ4n) is 5.34. The highest BCUT2D eigenvalue weighted by molar-refractivity contribution is 5.98. The van der Waals surface area contributed by atoms with Crippen molar-refractivity contribution < 1.29 is 19.1 Å². The third kappa shape index (κ3) is 4.14. The van der Waals surface area contributed by atoms with E-state index in [-0.39, 0.29) is 30.2 Å². The molecule has 0 bridgehead atoms. The number of hydrogen-bond donors (Lipinski definition) is 2. The molecule has 5 rings (SSSR count). The summed E-state index contributed by atoms with van der Waals surface area (Å²) in [7, 11) is 0. The average Bonchev–Trinajstić information content (AvgIpc) is 3.09. The molecule has 6 nitrogen and oxygen atoms in total. The number of halogens is 1. The molecule has 0 atom stereocenters. The van der Waals surface area contributed by atoms with E-state index in [0.717, 1.165) is 58.7 Å². The summed E-state index contributed by atoms with van der Waals surface area (Å²) in [5.41, 5.74) is 4.03. The van der Waals surface area contributed by atoms with E-state index in [1.54, 1.807) is 16.8 Å². The summed E-state index contributed by atoms with van der Waals surface area (Å²) in [5, 5.41) is 14.3. The minimum atomic E-state index is -0.925. The number of aromatic nitrogens is 2. The summed E-state index contributed by atoms with van der Waals surface area (Å²) in [4.78, 5) is 28.6. The van der Waals surface area contributed by atoms with Gasteiger partial charge in [-0.1, -0.05) is 12.1 Å². The monoisotopic (exact) mass is 459 g/mol. The van der Waals surface area contributed by atoms with Crippen molar-refractivity contribution in [3.63, 3.8) is 0 Å². The Morgan fingerprint density at radius 2 is 1.91 bits per heavy atom. The minimum Gasteiger partial charge on any atom is -0.480 e. The summed E-state index contributed by atoms with van der Waals surface area (Å²) >= 11 is 0. The zero-order valence-corrected chi connectivity index (χ0v) is 18.9. The van der Waals surface area contributed by atoms with Gasteiger partial charge < -0.3 is 15.0 Å². The first-order valence-corrected chi connectivity index (χ1v) is 11.6. The number of aliphatic carboxylic acids is 1. The van der Waals surface area contributed by atoms with Gasteiger partial charge in [-0.15, -0.1) is 0 Å². The van der Waals surface area contributed by atoms with Gasteiger partial charge in [-0.25, -0.2) is 4.39 Å². The van der Waals surface area contributed by atoms with E-state index in [2.05, 4.69) is 10.3 Å². The van der Waals surface area contributed by atoms with E-state index in [1.807, 2.05) is 37.3 Å². The normalized spacial score (nSPS) is 18.3. The molecule has 1 aliphatic carbocycles. The first kappa shape index (κ1) is 22.1. The quantitative estimate of drug-likeness (QED) is 0.431. The molecule has 1 amide bonds. The third-order valence-electron chi connectivity index (χ3n) is 6.97. The molecule has 1 fully saturated rings. The van der Waals surface area contributed by atoms with E-state index in [0.29, 0.717) is 5.56 Å². The van der Waals surface area contributed by atoms with Crippen molar-refractivity contribution in [1.82, 2.24) is 14.9 Å². The zero-order chi connectivity index (χ0) is 23.8. The van der Waals surface area contributed by atoms with Crippen molar-refractivity contribution in [1.29, 1.82) is 0 Å². The number of carbonyl (C=O) groups is 2. The molecule has 174 valence electrons. The first-order valence-electron chi connectivity index (χ1n) is 11.6. The van der Waals surface area contributed by atoms with Gasteiger partial charge in [0.2, 0.25) is 0 Å². The van der Waals surface area contributed by atoms with Gasteiger partial charge in [0.1, 0.15) is 12.4 Å². The number of hydrogen-bond acceptors (Lipinski definition) is 3. The van der Waals surface area contributed by atoms with Crippen molar-refractivity contribution in [2.24, 2.45) is 0 Å². The molecule has 0 saturated heterocycles. The number of carboxylic acids is 1. The fourth-order valence-corrected chi connectivity index (χ4v) is 5.34. The van der Waals surface area contributed by atoms with Gasteiger partial charge in [-0.05, 0) is 80.5 Å². The van der Waals surface area contributed by atoms with Crippen LogP contribution in [0, 0.1) is 12.7 Å². The largest absolute Gasteiger partial charge is 0.480 e. The summed E-state index contributed by atoms with van der Waals surface area (Å²) in [6.07, 6.45) is 5.01. The van der Waals surface area contributed by atoms with Crippen molar-refractivity contribution in [3.05, 3.63) is 77.4 Å². The number of rotatable bonds is 5. The minimum absolute atomic E-state index is 0.0626. The molecular weight excluding hydrogens is 433 g/mol. The van der Waals surface area contributed by atoms with E-state index in [1.165, 1.54) is 12.1 Å². The Bertz CT molecular complexity index is 1400. The Kier molecular flexibility index (Phi) is 5.77. The Labute approximate surface area is 196 Å². The molecule has 2 N–H and O–H groups in total. The van der Waals surface area contributed by atoms with Crippen molar-refractivity contribution in [3.8, 4) is 0 Å². The second-order valence-electron chi connectivity index (χ2n) is 9.07. The molecular formula is C27H26FN3O3. The lowest BCUT2D eigenvalue weighted by Crippen LogP contribution is -2.37. The molecule has 2 aromatic heterocycles. The average molecular weight is 460 g/mol. The summed E-state index contributed by atoms with van der Waals surface area (Å²) < 4.78 is 15.8. The van der Waals surface area contributed by atoms with Gasteiger partial charge in [0, 0.05) is 39.8 Å². The van der Waals surface area contributed by atoms with Crippen LogP contribution < -0.4 is 5.32 Å². The lowest BCUT2D eigenvalue weighted by atomic mass is 9.80. The molecule has 1 saturated carbocycles. The number of amides is 1. The van der Waals surface area contributed by atoms with Crippen molar-refractivity contribution >= 4 is 33.7 Å². The van der Waals surface area contributed by atoms with Crippen LogP contribution in [0.1, 0.15) is 53.2 Å². The Morgan fingerprint density at radius 1 is 1.12 bits per heavy atom. The Morgan fingerprint density at radius 3 is 2.68 bits per heavy atom. The summed E-state index contributed by atoms with van der Waals surface area (Å²) in [5.74, 6) is -1.16. The maximum Gasteiger partial charge on any atom is 0.323 e. The number of carbonyl (C=O) groups excluding carboxylic acids is 1. The maximum absolute atomic E-state index is 14.1. The Hall–Kier alpha value is -3.74. The molecule has 0 aliphatic heterocycles. The molecule has 4 aromatic rings. The van der Waals surface area contributed by atoms with Crippen LogP contribution in [-0.2, 0) is 11.3 Å². The topological polar surface area (TPSA) is 84.2 Å². The van der Waals surface area contributed by atoms with Crippen LogP contribution >= 0.6 is 0 Å². The maximum atomic E-state index is 14.1. The first-order chi connectivity index (χ1) is 16.4. The SMILES string of the molecule is Cc1c(C2CCC(NC(=O)c3ccc4cccnc4c3)CC2)c2cc(F)ccc2n1CC(=O)O. The van der Waals surface area contributed by atoms with E-state index in [9.17, 15) is 19.1 Å². The highest BCUT2D eigenvalue weighted by Gasteiger charge is 2.28. The highest BCUT2D eigenvalue weighted by Crippen LogP contribution is 2.40. The second-order valence-corrected chi connectivity index (χ2v) is 9.07. The molecule has 34 heavy (non-hydrogen) atoms. The van der Waals surface area contributed by atoms with Crippen molar-refractivity contribution in [2.75, 3.05) is 0 Å². The smallest absolute Gasteiger partial charge is 0.323 e. The van der Waals surface area contributed by atoms with E-state index >= 15 is 0 Å². The second kappa shape index (κ2) is 8.89. The zero-order valence-electron chi connectivity index (χ0n) is 18.9. The molecule has 1 aliphatic rings. The van der Waals surface area contributed by atoms with Gasteiger partial charge in [-0.2, -0.15) is 0 Å². The molecule has 0 radical (unpaired) electrons. The summed E-state index contributed by atoms with van der Waals surface area (Å²) in [6, 6.07) is 14.0. The van der Waals surface area contributed by atoms with Gasteiger partial charge in [-0.3, -0.25) is 14.6 Å². The highest BCUT2D eigenvalue weighted by atomic mass is 19.1. The Balaban J connectivity index is 1.32. The van der Waals surface area contributed by atoms with Gasteiger partial charge in [0.05, 0.1) is 5.52 Å².